The Morgan fingerprint density at radius 2 is 1.91 bits per heavy atom. The van der Waals surface area contributed by atoms with Crippen molar-refractivity contribution in [1.29, 1.82) is 0 Å². The highest BCUT2D eigenvalue weighted by molar-refractivity contribution is 6.34. The molecule has 0 heterocycles. The molecule has 1 N–H and O–H groups in total. The number of carbonyl (C=O) groups is 1. The van der Waals surface area contributed by atoms with Gasteiger partial charge >= 0.3 is 0 Å². The lowest BCUT2D eigenvalue weighted by Gasteiger charge is -2.16. The molecular weight excluding hydrogens is 296 g/mol. The fourth-order valence-corrected chi connectivity index (χ4v) is 2.67. The summed E-state index contributed by atoms with van der Waals surface area (Å²) in [5, 5.41) is 4.08. The second kappa shape index (κ2) is 7.97. The van der Waals surface area contributed by atoms with Gasteiger partial charge in [0.1, 0.15) is 0 Å². The van der Waals surface area contributed by atoms with E-state index < -0.39 is 0 Å². The minimum Gasteiger partial charge on any atom is -0.384 e. The zero-order chi connectivity index (χ0) is 15.9. The molecule has 0 aliphatic rings. The lowest BCUT2D eigenvalue weighted by molar-refractivity contribution is 0.112. The number of carbonyl (C=O) groups excluding carboxylic acids is 1. The van der Waals surface area contributed by atoms with Gasteiger partial charge < -0.3 is 10.2 Å². The number of anilines is 1. The summed E-state index contributed by atoms with van der Waals surface area (Å²) in [6, 6.07) is 13.3. The summed E-state index contributed by atoms with van der Waals surface area (Å²) in [6.45, 7) is 1.88. The second-order valence-corrected chi connectivity index (χ2v) is 5.86. The Morgan fingerprint density at radius 3 is 2.64 bits per heavy atom. The van der Waals surface area contributed by atoms with Crippen LogP contribution in [0, 0.1) is 0 Å². The first-order chi connectivity index (χ1) is 10.6. The van der Waals surface area contributed by atoms with Gasteiger partial charge in [0, 0.05) is 23.4 Å². The lowest BCUT2D eigenvalue weighted by atomic mass is 9.98. The number of nitrogens with zero attached hydrogens (tertiary/aromatic N) is 1. The van der Waals surface area contributed by atoms with Gasteiger partial charge in [0.25, 0.3) is 0 Å². The molecule has 0 unspecified atom stereocenters. The van der Waals surface area contributed by atoms with Crippen molar-refractivity contribution in [3.05, 3.63) is 53.1 Å². The molecule has 2 rings (SSSR count). The van der Waals surface area contributed by atoms with Crippen LogP contribution in [0.1, 0.15) is 16.8 Å². The predicted octanol–water partition coefficient (Wildman–Crippen LogP) is 4.18. The van der Waals surface area contributed by atoms with E-state index in [-0.39, 0.29) is 0 Å². The van der Waals surface area contributed by atoms with Gasteiger partial charge in [-0.1, -0.05) is 41.9 Å². The van der Waals surface area contributed by atoms with E-state index in [9.17, 15) is 4.79 Å². The van der Waals surface area contributed by atoms with E-state index in [1.165, 1.54) is 0 Å². The van der Waals surface area contributed by atoms with Gasteiger partial charge in [-0.2, -0.15) is 0 Å². The Kier molecular flexibility index (Phi) is 5.99. The normalized spacial score (nSPS) is 10.7. The van der Waals surface area contributed by atoms with Crippen molar-refractivity contribution in [3.63, 3.8) is 0 Å². The van der Waals surface area contributed by atoms with Gasteiger partial charge in [-0.25, -0.2) is 0 Å². The molecule has 0 spiro atoms. The molecule has 3 nitrogen and oxygen atoms in total. The Morgan fingerprint density at radius 1 is 1.14 bits per heavy atom. The molecule has 116 valence electrons. The SMILES string of the molecule is CN(C)CCCNc1cccc(Cl)c1-c1ccccc1C=O. The monoisotopic (exact) mass is 316 g/mol. The largest absolute Gasteiger partial charge is 0.384 e. The Balaban J connectivity index is 2.29. The summed E-state index contributed by atoms with van der Waals surface area (Å²) in [6.07, 6.45) is 1.91. The molecule has 0 radical (unpaired) electrons. The van der Waals surface area contributed by atoms with E-state index in [1.807, 2.05) is 42.5 Å². The van der Waals surface area contributed by atoms with E-state index in [0.717, 1.165) is 42.6 Å². The number of rotatable bonds is 7. The van der Waals surface area contributed by atoms with Crippen molar-refractivity contribution in [2.24, 2.45) is 0 Å². The highest BCUT2D eigenvalue weighted by atomic mass is 35.5. The summed E-state index contributed by atoms with van der Waals surface area (Å²) < 4.78 is 0. The van der Waals surface area contributed by atoms with Crippen molar-refractivity contribution < 1.29 is 4.79 Å². The summed E-state index contributed by atoms with van der Waals surface area (Å²) in [5.41, 5.74) is 3.35. The molecule has 0 aliphatic heterocycles. The van der Waals surface area contributed by atoms with Crippen molar-refractivity contribution >= 4 is 23.6 Å². The maximum absolute atomic E-state index is 11.3. The minimum atomic E-state index is 0.645. The van der Waals surface area contributed by atoms with Gasteiger partial charge in [-0.05, 0) is 44.8 Å². The van der Waals surface area contributed by atoms with Crippen molar-refractivity contribution in [1.82, 2.24) is 4.90 Å². The molecule has 4 heteroatoms. The zero-order valence-electron chi connectivity index (χ0n) is 13.0. The van der Waals surface area contributed by atoms with Gasteiger partial charge in [0.15, 0.2) is 6.29 Å². The first-order valence-electron chi connectivity index (χ1n) is 7.35. The van der Waals surface area contributed by atoms with Gasteiger partial charge in [0.05, 0.1) is 5.02 Å². The average molecular weight is 317 g/mol. The minimum absolute atomic E-state index is 0.645. The quantitative estimate of drug-likeness (QED) is 0.614. The van der Waals surface area contributed by atoms with Crippen LogP contribution >= 0.6 is 11.6 Å². The third-order valence-corrected chi connectivity index (χ3v) is 3.78. The Labute approximate surface area is 136 Å². The maximum atomic E-state index is 11.3. The number of benzene rings is 2. The number of halogens is 1. The molecule has 22 heavy (non-hydrogen) atoms. The topological polar surface area (TPSA) is 32.3 Å². The first-order valence-corrected chi connectivity index (χ1v) is 7.73. The van der Waals surface area contributed by atoms with Gasteiger partial charge in [-0.3, -0.25) is 4.79 Å². The molecule has 0 atom stereocenters. The smallest absolute Gasteiger partial charge is 0.150 e. The van der Waals surface area contributed by atoms with Crippen molar-refractivity contribution in [2.75, 3.05) is 32.5 Å². The summed E-state index contributed by atoms with van der Waals surface area (Å²) in [5.74, 6) is 0. The number of nitrogens with one attached hydrogen (secondary N) is 1. The maximum Gasteiger partial charge on any atom is 0.150 e. The highest BCUT2D eigenvalue weighted by Gasteiger charge is 2.12. The fourth-order valence-electron chi connectivity index (χ4n) is 2.39. The molecule has 2 aromatic rings. The van der Waals surface area contributed by atoms with Crippen LogP contribution in [0.15, 0.2) is 42.5 Å². The van der Waals surface area contributed by atoms with Crippen molar-refractivity contribution in [3.8, 4) is 11.1 Å². The second-order valence-electron chi connectivity index (χ2n) is 5.45. The molecule has 0 aliphatic carbocycles. The van der Waals surface area contributed by atoms with Crippen LogP contribution in [-0.4, -0.2) is 38.4 Å². The molecule has 0 aromatic heterocycles. The van der Waals surface area contributed by atoms with E-state index in [4.69, 9.17) is 11.6 Å². The summed E-state index contributed by atoms with van der Waals surface area (Å²) in [4.78, 5) is 13.4. The van der Waals surface area contributed by atoms with Crippen LogP contribution in [-0.2, 0) is 0 Å². The summed E-state index contributed by atoms with van der Waals surface area (Å²) >= 11 is 6.39. The molecule has 0 saturated heterocycles. The van der Waals surface area contributed by atoms with Gasteiger partial charge in [0.2, 0.25) is 0 Å². The predicted molar refractivity (Wildman–Crippen MR) is 93.9 cm³/mol. The van der Waals surface area contributed by atoms with E-state index >= 15 is 0 Å². The van der Waals surface area contributed by atoms with Crippen LogP contribution in [0.3, 0.4) is 0 Å². The van der Waals surface area contributed by atoms with E-state index in [0.29, 0.717) is 10.6 Å². The van der Waals surface area contributed by atoms with Crippen LogP contribution in [0.4, 0.5) is 5.69 Å². The van der Waals surface area contributed by atoms with Crippen LogP contribution in [0.2, 0.25) is 5.02 Å². The van der Waals surface area contributed by atoms with Crippen LogP contribution in [0.5, 0.6) is 0 Å². The molecule has 0 fully saturated rings. The highest BCUT2D eigenvalue weighted by Crippen LogP contribution is 2.36. The van der Waals surface area contributed by atoms with Crippen LogP contribution < -0.4 is 5.32 Å². The molecular formula is C18H21ClN2O. The summed E-state index contributed by atoms with van der Waals surface area (Å²) in [7, 11) is 4.12. The van der Waals surface area contributed by atoms with E-state index in [2.05, 4.69) is 24.3 Å². The van der Waals surface area contributed by atoms with Gasteiger partial charge in [-0.15, -0.1) is 0 Å². The average Bonchev–Trinajstić information content (AvgIpc) is 2.51. The Hall–Kier alpha value is -1.84. The number of hydrogen-bond donors (Lipinski definition) is 1. The first kappa shape index (κ1) is 16.5. The Bertz CT molecular complexity index is 641. The number of hydrogen-bond acceptors (Lipinski definition) is 3. The third-order valence-electron chi connectivity index (χ3n) is 3.47. The fraction of sp³-hybridized carbons (Fsp3) is 0.278. The third kappa shape index (κ3) is 4.09. The van der Waals surface area contributed by atoms with Crippen LogP contribution in [0.25, 0.3) is 11.1 Å². The number of aldehydes is 1. The standard InChI is InChI=1S/C18H21ClN2O/c1-21(2)12-6-11-20-17-10-5-9-16(19)18(17)15-8-4-3-7-14(15)13-22/h3-5,7-10,13,20H,6,11-12H2,1-2H3. The van der Waals surface area contributed by atoms with Crippen molar-refractivity contribution in [2.45, 2.75) is 6.42 Å². The zero-order valence-corrected chi connectivity index (χ0v) is 13.7. The molecule has 0 saturated carbocycles. The molecule has 2 aromatic carbocycles. The lowest BCUT2D eigenvalue weighted by Crippen LogP contribution is -2.16. The molecule has 0 amide bonds. The molecule has 0 bridgehead atoms. The van der Waals surface area contributed by atoms with E-state index in [1.54, 1.807) is 0 Å².